The predicted molar refractivity (Wildman–Crippen MR) is 85.1 cm³/mol. The summed E-state index contributed by atoms with van der Waals surface area (Å²) in [6.07, 6.45) is 2.85. The van der Waals surface area contributed by atoms with E-state index in [1.54, 1.807) is 11.3 Å². The lowest BCUT2D eigenvalue weighted by Gasteiger charge is -2.44. The first-order valence-electron chi connectivity index (χ1n) is 7.31. The molecule has 0 unspecified atom stereocenters. The van der Waals surface area contributed by atoms with Gasteiger partial charge in [-0.2, -0.15) is 11.3 Å². The molecule has 2 aliphatic rings. The van der Waals surface area contributed by atoms with Crippen molar-refractivity contribution < 1.29 is 9.53 Å². The number of nitrogens with zero attached hydrogens (tertiary/aromatic N) is 1. The van der Waals surface area contributed by atoms with E-state index in [4.69, 9.17) is 4.74 Å². The molecule has 2 aliphatic heterocycles. The number of likely N-dealkylation sites (tertiary alicyclic amines) is 1. The van der Waals surface area contributed by atoms with Crippen molar-refractivity contribution >= 4 is 28.6 Å². The van der Waals surface area contributed by atoms with Crippen LogP contribution in [0.5, 0.6) is 0 Å². The van der Waals surface area contributed by atoms with E-state index in [1.807, 2.05) is 33.1 Å². The zero-order chi connectivity index (χ0) is 14.3. The molecule has 110 valence electrons. The Bertz CT molecular complexity index is 639. The molecule has 0 radical (unpaired) electrons. The quantitative estimate of drug-likeness (QED) is 0.805. The van der Waals surface area contributed by atoms with Crippen LogP contribution in [0, 0.1) is 0 Å². The fraction of sp³-hybridized carbons (Fsp3) is 0.438. The van der Waals surface area contributed by atoms with Gasteiger partial charge in [-0.3, -0.25) is 4.79 Å². The lowest BCUT2D eigenvalue weighted by atomic mass is 9.82. The average Bonchev–Trinajstić information content (AvgIpc) is 3.19. The van der Waals surface area contributed by atoms with E-state index in [0.29, 0.717) is 0 Å². The third-order valence-electron chi connectivity index (χ3n) is 4.57. The van der Waals surface area contributed by atoms with E-state index in [9.17, 15) is 4.79 Å². The van der Waals surface area contributed by atoms with Crippen molar-refractivity contribution in [3.05, 3.63) is 44.3 Å². The van der Waals surface area contributed by atoms with Crippen molar-refractivity contribution in [1.29, 1.82) is 0 Å². The normalized spacial score (nSPS) is 20.5. The summed E-state index contributed by atoms with van der Waals surface area (Å²) in [6.45, 7) is 2.37. The number of thiophene rings is 2. The van der Waals surface area contributed by atoms with Crippen LogP contribution in [0.4, 0.5) is 0 Å². The van der Waals surface area contributed by atoms with E-state index >= 15 is 0 Å². The highest BCUT2D eigenvalue weighted by atomic mass is 32.1. The number of rotatable bonds is 1. The molecule has 4 heterocycles. The number of piperidine rings is 1. The molecule has 0 atom stereocenters. The zero-order valence-electron chi connectivity index (χ0n) is 11.7. The SMILES string of the molecule is O=C(c1ccsc1)N1CCC2(CC1)OCCc1sccc12. The third-order valence-corrected chi connectivity index (χ3v) is 6.23. The van der Waals surface area contributed by atoms with Crippen molar-refractivity contribution in [1.82, 2.24) is 4.90 Å². The Labute approximate surface area is 132 Å². The van der Waals surface area contributed by atoms with E-state index < -0.39 is 0 Å². The van der Waals surface area contributed by atoms with Gasteiger partial charge in [0.15, 0.2) is 0 Å². The first kappa shape index (κ1) is 13.5. The number of fused-ring (bicyclic) bond motifs is 2. The Morgan fingerprint density at radius 2 is 2.10 bits per heavy atom. The molecule has 0 aromatic carbocycles. The number of hydrogen-bond acceptors (Lipinski definition) is 4. The summed E-state index contributed by atoms with van der Waals surface area (Å²) < 4.78 is 6.18. The molecule has 1 spiro atoms. The van der Waals surface area contributed by atoms with E-state index in [1.165, 1.54) is 10.4 Å². The highest BCUT2D eigenvalue weighted by molar-refractivity contribution is 7.10. The second-order valence-electron chi connectivity index (χ2n) is 5.65. The van der Waals surface area contributed by atoms with Gasteiger partial charge in [0.25, 0.3) is 5.91 Å². The molecule has 2 aromatic heterocycles. The summed E-state index contributed by atoms with van der Waals surface area (Å²) in [6, 6.07) is 4.13. The number of hydrogen-bond donors (Lipinski definition) is 0. The largest absolute Gasteiger partial charge is 0.370 e. The van der Waals surface area contributed by atoms with Crippen LogP contribution in [-0.2, 0) is 16.8 Å². The van der Waals surface area contributed by atoms with Gasteiger partial charge in [0.05, 0.1) is 17.8 Å². The Balaban J connectivity index is 1.52. The molecule has 5 heteroatoms. The van der Waals surface area contributed by atoms with Crippen molar-refractivity contribution in [2.45, 2.75) is 24.9 Å². The van der Waals surface area contributed by atoms with Gasteiger partial charge >= 0.3 is 0 Å². The van der Waals surface area contributed by atoms with Crippen LogP contribution in [0.25, 0.3) is 0 Å². The second kappa shape index (κ2) is 5.23. The Morgan fingerprint density at radius 3 is 2.86 bits per heavy atom. The van der Waals surface area contributed by atoms with Gasteiger partial charge in [0.1, 0.15) is 0 Å². The minimum absolute atomic E-state index is 0.140. The van der Waals surface area contributed by atoms with Crippen LogP contribution in [-0.4, -0.2) is 30.5 Å². The minimum Gasteiger partial charge on any atom is -0.370 e. The first-order chi connectivity index (χ1) is 10.3. The summed E-state index contributed by atoms with van der Waals surface area (Å²) in [5.41, 5.74) is 2.05. The van der Waals surface area contributed by atoms with Gasteiger partial charge in [-0.25, -0.2) is 0 Å². The van der Waals surface area contributed by atoms with Gasteiger partial charge in [0, 0.05) is 29.8 Å². The Hall–Kier alpha value is -1.17. The second-order valence-corrected chi connectivity index (χ2v) is 7.44. The average molecular weight is 319 g/mol. The first-order valence-corrected chi connectivity index (χ1v) is 9.13. The number of carbonyl (C=O) groups is 1. The molecule has 4 rings (SSSR count). The highest BCUT2D eigenvalue weighted by Gasteiger charge is 2.42. The molecule has 0 aliphatic carbocycles. The molecule has 0 N–H and O–H groups in total. The van der Waals surface area contributed by atoms with Gasteiger partial charge in [0.2, 0.25) is 0 Å². The molecule has 1 fully saturated rings. The Kier molecular flexibility index (Phi) is 3.36. The van der Waals surface area contributed by atoms with E-state index in [2.05, 4.69) is 11.4 Å². The topological polar surface area (TPSA) is 29.5 Å². The molecular weight excluding hydrogens is 302 g/mol. The van der Waals surface area contributed by atoms with Crippen molar-refractivity contribution in [2.24, 2.45) is 0 Å². The fourth-order valence-corrected chi connectivity index (χ4v) is 4.99. The molecule has 1 saturated heterocycles. The van der Waals surface area contributed by atoms with Gasteiger partial charge in [-0.15, -0.1) is 11.3 Å². The van der Waals surface area contributed by atoms with Crippen LogP contribution in [0.2, 0.25) is 0 Å². The summed E-state index contributed by atoms with van der Waals surface area (Å²) in [5.74, 6) is 0.160. The van der Waals surface area contributed by atoms with Crippen molar-refractivity contribution in [3.8, 4) is 0 Å². The summed E-state index contributed by atoms with van der Waals surface area (Å²) in [7, 11) is 0. The van der Waals surface area contributed by atoms with Gasteiger partial charge in [-0.1, -0.05) is 0 Å². The lowest BCUT2D eigenvalue weighted by Crippen LogP contribution is -2.48. The summed E-state index contributed by atoms with van der Waals surface area (Å²) in [5, 5.41) is 6.06. The summed E-state index contributed by atoms with van der Waals surface area (Å²) >= 11 is 3.41. The molecular formula is C16H17NO2S2. The smallest absolute Gasteiger partial charge is 0.254 e. The van der Waals surface area contributed by atoms with Crippen LogP contribution in [0.3, 0.4) is 0 Å². The number of carbonyl (C=O) groups excluding carboxylic acids is 1. The van der Waals surface area contributed by atoms with Crippen molar-refractivity contribution in [2.75, 3.05) is 19.7 Å². The molecule has 0 bridgehead atoms. The maximum absolute atomic E-state index is 12.4. The van der Waals surface area contributed by atoms with E-state index in [0.717, 1.165) is 44.5 Å². The number of ether oxygens (including phenoxy) is 1. The molecule has 1 amide bonds. The molecule has 2 aromatic rings. The summed E-state index contributed by atoms with van der Waals surface area (Å²) in [4.78, 5) is 15.9. The van der Waals surface area contributed by atoms with E-state index in [-0.39, 0.29) is 11.5 Å². The zero-order valence-corrected chi connectivity index (χ0v) is 13.3. The van der Waals surface area contributed by atoms with Gasteiger partial charge in [-0.05, 0) is 41.3 Å². The molecule has 3 nitrogen and oxygen atoms in total. The standard InChI is InChI=1S/C16H17NO2S2/c18-15(12-2-9-20-11-12)17-6-4-16(5-7-17)13-3-10-21-14(13)1-8-19-16/h2-3,9-11H,1,4-8H2. The maximum atomic E-state index is 12.4. The van der Waals surface area contributed by atoms with Crippen molar-refractivity contribution in [3.63, 3.8) is 0 Å². The molecule has 0 saturated carbocycles. The molecule has 21 heavy (non-hydrogen) atoms. The van der Waals surface area contributed by atoms with Crippen LogP contribution in [0.15, 0.2) is 28.3 Å². The predicted octanol–water partition coefficient (Wildman–Crippen LogP) is 3.51. The minimum atomic E-state index is -0.140. The van der Waals surface area contributed by atoms with Crippen LogP contribution < -0.4 is 0 Å². The lowest BCUT2D eigenvalue weighted by molar-refractivity contribution is -0.0926. The van der Waals surface area contributed by atoms with Gasteiger partial charge < -0.3 is 9.64 Å². The van der Waals surface area contributed by atoms with Crippen LogP contribution in [0.1, 0.15) is 33.6 Å². The number of amides is 1. The Morgan fingerprint density at radius 1 is 1.24 bits per heavy atom. The highest BCUT2D eigenvalue weighted by Crippen LogP contribution is 2.43. The monoisotopic (exact) mass is 319 g/mol. The fourth-order valence-electron chi connectivity index (χ4n) is 3.41. The maximum Gasteiger partial charge on any atom is 0.254 e. The third kappa shape index (κ3) is 2.24. The van der Waals surface area contributed by atoms with Crippen LogP contribution >= 0.6 is 22.7 Å².